The molecule has 5 rings (SSSR count). The van der Waals surface area contributed by atoms with Crippen molar-refractivity contribution in [3.8, 4) is 21.6 Å². The van der Waals surface area contributed by atoms with E-state index in [9.17, 15) is 9.59 Å². The third kappa shape index (κ3) is 5.30. The van der Waals surface area contributed by atoms with Gasteiger partial charge in [-0.25, -0.2) is 4.79 Å². The van der Waals surface area contributed by atoms with Crippen LogP contribution in [0.3, 0.4) is 0 Å². The van der Waals surface area contributed by atoms with Gasteiger partial charge in [-0.2, -0.15) is 11.3 Å². The maximum atomic E-state index is 12.8. The first-order valence-corrected chi connectivity index (χ1v) is 14.2. The number of hydrogen-bond donors (Lipinski definition) is 1. The van der Waals surface area contributed by atoms with Crippen molar-refractivity contribution in [3.63, 3.8) is 0 Å². The zero-order valence-electron chi connectivity index (χ0n) is 20.5. The Bertz CT molecular complexity index is 1410. The van der Waals surface area contributed by atoms with Crippen molar-refractivity contribution in [1.29, 1.82) is 0 Å². The van der Waals surface area contributed by atoms with Crippen LogP contribution in [0.4, 0.5) is 10.5 Å². The molecule has 1 fully saturated rings. The van der Waals surface area contributed by atoms with Crippen LogP contribution in [0, 0.1) is 0 Å². The Morgan fingerprint density at radius 3 is 2.54 bits per heavy atom. The molecule has 0 saturated heterocycles. The number of benzene rings is 2. The van der Waals surface area contributed by atoms with E-state index in [1.54, 1.807) is 17.4 Å². The van der Waals surface area contributed by atoms with Crippen LogP contribution in [0.1, 0.15) is 43.9 Å². The van der Waals surface area contributed by atoms with Gasteiger partial charge in [-0.3, -0.25) is 10.1 Å². The van der Waals surface area contributed by atoms with Crippen LogP contribution in [0.5, 0.6) is 0 Å². The van der Waals surface area contributed by atoms with Gasteiger partial charge in [0.1, 0.15) is 6.10 Å². The number of carbonyl (C=O) groups is 2. The number of halogens is 1. The first-order valence-electron chi connectivity index (χ1n) is 12.1. The maximum Gasteiger partial charge on any atom is 0.412 e. The normalized spacial score (nSPS) is 14.6. The van der Waals surface area contributed by atoms with Gasteiger partial charge >= 0.3 is 12.1 Å². The van der Waals surface area contributed by atoms with Crippen LogP contribution in [-0.4, -0.2) is 18.7 Å². The molecule has 1 aliphatic rings. The Kier molecular flexibility index (Phi) is 7.38. The predicted molar refractivity (Wildman–Crippen MR) is 151 cm³/mol. The molecule has 0 radical (unpaired) electrons. The Morgan fingerprint density at radius 1 is 1.08 bits per heavy atom. The van der Waals surface area contributed by atoms with Crippen LogP contribution in [-0.2, 0) is 19.7 Å². The molecular weight excluding hydrogens is 526 g/mol. The summed E-state index contributed by atoms with van der Waals surface area (Å²) in [6.07, 6.45) is 0.557. The molecule has 1 amide bonds. The quantitative estimate of drug-likeness (QED) is 0.222. The highest BCUT2D eigenvalue weighted by Crippen LogP contribution is 2.52. The molecule has 1 unspecified atom stereocenters. The van der Waals surface area contributed by atoms with E-state index in [4.69, 9.17) is 21.1 Å². The van der Waals surface area contributed by atoms with E-state index in [2.05, 4.69) is 5.32 Å². The lowest BCUT2D eigenvalue weighted by molar-refractivity contribution is -0.146. The summed E-state index contributed by atoms with van der Waals surface area (Å²) >= 11 is 9.40. The van der Waals surface area contributed by atoms with Crippen LogP contribution in [0.25, 0.3) is 21.6 Å². The standard InChI is InChI=1S/C29H26ClNO4S2/c1-3-34-27(32)29(12-13-29)21-9-10-22(19-7-5-4-6-8-19)23(15-21)26-24(16-25(30)37-26)31-28(33)35-18(2)20-11-14-36-17-20/h4-11,14-18H,3,12-13H2,1-2H3,(H,31,33). The lowest BCUT2D eigenvalue weighted by Crippen LogP contribution is -2.23. The minimum Gasteiger partial charge on any atom is -0.465 e. The highest BCUT2D eigenvalue weighted by Gasteiger charge is 2.53. The van der Waals surface area contributed by atoms with Gasteiger partial charge in [-0.1, -0.05) is 54.1 Å². The summed E-state index contributed by atoms with van der Waals surface area (Å²) in [6, 6.07) is 19.8. The van der Waals surface area contributed by atoms with E-state index >= 15 is 0 Å². The van der Waals surface area contributed by atoms with Gasteiger partial charge in [0.25, 0.3) is 0 Å². The number of anilines is 1. The number of esters is 1. The number of nitrogens with one attached hydrogen (secondary N) is 1. The summed E-state index contributed by atoms with van der Waals surface area (Å²) in [6.45, 7) is 4.00. The van der Waals surface area contributed by atoms with E-state index in [0.717, 1.165) is 45.5 Å². The molecule has 37 heavy (non-hydrogen) atoms. The highest BCUT2D eigenvalue weighted by molar-refractivity contribution is 7.20. The van der Waals surface area contributed by atoms with Crippen molar-refractivity contribution in [2.75, 3.05) is 11.9 Å². The van der Waals surface area contributed by atoms with Gasteiger partial charge in [0, 0.05) is 11.1 Å². The Labute approximate surface area is 229 Å². The molecule has 5 nitrogen and oxygen atoms in total. The van der Waals surface area contributed by atoms with Crippen molar-refractivity contribution in [2.24, 2.45) is 0 Å². The number of hydrogen-bond acceptors (Lipinski definition) is 6. The zero-order valence-corrected chi connectivity index (χ0v) is 22.8. The fraction of sp³-hybridized carbons (Fsp3) is 0.241. The van der Waals surface area contributed by atoms with Gasteiger partial charge in [-0.05, 0) is 72.3 Å². The number of carbonyl (C=O) groups excluding carboxylic acids is 2. The minimum atomic E-state index is -0.622. The molecule has 4 aromatic rings. The Hall–Kier alpha value is -3.13. The maximum absolute atomic E-state index is 12.8. The first kappa shape index (κ1) is 25.5. The molecular formula is C29H26ClNO4S2. The Balaban J connectivity index is 1.53. The van der Waals surface area contributed by atoms with Crippen LogP contribution in [0.15, 0.2) is 71.4 Å². The number of ether oxygens (including phenoxy) is 2. The highest BCUT2D eigenvalue weighted by atomic mass is 35.5. The Morgan fingerprint density at radius 2 is 1.86 bits per heavy atom. The topological polar surface area (TPSA) is 64.6 Å². The molecule has 2 aromatic carbocycles. The van der Waals surface area contributed by atoms with Crippen molar-refractivity contribution < 1.29 is 19.1 Å². The van der Waals surface area contributed by atoms with Crippen molar-refractivity contribution >= 4 is 52.0 Å². The van der Waals surface area contributed by atoms with E-state index < -0.39 is 11.5 Å². The number of rotatable bonds is 8. The third-order valence-corrected chi connectivity index (χ3v) is 8.55. The predicted octanol–water partition coefficient (Wildman–Crippen LogP) is 8.70. The van der Waals surface area contributed by atoms with Gasteiger partial charge in [0.05, 0.1) is 26.9 Å². The van der Waals surface area contributed by atoms with Crippen LogP contribution < -0.4 is 5.32 Å². The smallest absolute Gasteiger partial charge is 0.412 e. The molecule has 8 heteroatoms. The van der Waals surface area contributed by atoms with Gasteiger partial charge < -0.3 is 9.47 Å². The molecule has 1 N–H and O–H groups in total. The fourth-order valence-corrected chi connectivity index (χ4v) is 6.39. The monoisotopic (exact) mass is 551 g/mol. The molecule has 1 aliphatic carbocycles. The lowest BCUT2D eigenvalue weighted by atomic mass is 9.89. The first-order chi connectivity index (χ1) is 17.9. The molecule has 1 saturated carbocycles. The van der Waals surface area contributed by atoms with E-state index in [1.165, 1.54) is 11.3 Å². The fourth-order valence-electron chi connectivity index (χ4n) is 4.43. The summed E-state index contributed by atoms with van der Waals surface area (Å²) in [5.74, 6) is -0.193. The van der Waals surface area contributed by atoms with Gasteiger partial charge in [0.15, 0.2) is 0 Å². The summed E-state index contributed by atoms with van der Waals surface area (Å²) in [7, 11) is 0. The van der Waals surface area contributed by atoms with Crippen molar-refractivity contribution in [1.82, 2.24) is 0 Å². The molecule has 0 bridgehead atoms. The van der Waals surface area contributed by atoms with Crippen LogP contribution in [0.2, 0.25) is 4.34 Å². The summed E-state index contributed by atoms with van der Waals surface area (Å²) in [4.78, 5) is 26.5. The molecule has 2 aromatic heterocycles. The molecule has 190 valence electrons. The van der Waals surface area contributed by atoms with Gasteiger partial charge in [0.2, 0.25) is 0 Å². The summed E-state index contributed by atoms with van der Waals surface area (Å²) in [5, 5.41) is 6.80. The molecule has 0 spiro atoms. The zero-order chi connectivity index (χ0) is 26.0. The minimum absolute atomic E-state index is 0.193. The largest absolute Gasteiger partial charge is 0.465 e. The van der Waals surface area contributed by atoms with Crippen LogP contribution >= 0.6 is 34.3 Å². The summed E-state index contributed by atoms with van der Waals surface area (Å²) < 4.78 is 11.6. The van der Waals surface area contributed by atoms with E-state index in [-0.39, 0.29) is 12.1 Å². The molecule has 0 aliphatic heterocycles. The number of thiophene rings is 2. The lowest BCUT2D eigenvalue weighted by Gasteiger charge is -2.18. The van der Waals surface area contributed by atoms with E-state index in [1.807, 2.05) is 79.2 Å². The third-order valence-electron chi connectivity index (χ3n) is 6.55. The second-order valence-corrected chi connectivity index (χ2v) is 11.4. The van der Waals surface area contributed by atoms with Gasteiger partial charge in [-0.15, -0.1) is 11.3 Å². The number of amides is 1. The summed E-state index contributed by atoms with van der Waals surface area (Å²) in [5.41, 5.74) is 4.68. The van der Waals surface area contributed by atoms with Crippen molar-refractivity contribution in [2.45, 2.75) is 38.2 Å². The molecule has 1 atom stereocenters. The second kappa shape index (κ2) is 10.7. The average Bonchev–Trinajstić information content (AvgIpc) is 3.35. The average molecular weight is 552 g/mol. The second-order valence-electron chi connectivity index (χ2n) is 8.95. The molecule has 2 heterocycles. The SMILES string of the molecule is CCOC(=O)C1(c2ccc(-c3ccccc3)c(-c3sc(Cl)cc3NC(=O)OC(C)c3ccsc3)c2)CC1. The van der Waals surface area contributed by atoms with E-state index in [0.29, 0.717) is 16.6 Å². The van der Waals surface area contributed by atoms with Crippen molar-refractivity contribution in [3.05, 3.63) is 86.9 Å².